The molecule has 1 saturated carbocycles. The van der Waals surface area contributed by atoms with E-state index in [4.69, 9.17) is 5.73 Å². The van der Waals surface area contributed by atoms with Crippen LogP contribution in [0.25, 0.3) is 0 Å². The van der Waals surface area contributed by atoms with E-state index in [1.807, 2.05) is 20.8 Å². The minimum Gasteiger partial charge on any atom is -0.369 e. The van der Waals surface area contributed by atoms with Gasteiger partial charge in [-0.15, -0.1) is 0 Å². The van der Waals surface area contributed by atoms with Crippen molar-refractivity contribution in [2.45, 2.75) is 58.9 Å². The molecule has 4 nitrogen and oxygen atoms in total. The van der Waals surface area contributed by atoms with Gasteiger partial charge in [0.05, 0.1) is 0 Å². The Morgan fingerprint density at radius 3 is 2.19 bits per heavy atom. The SMILES string of the molecule is CC1CC1CC(C(=O)NC(C)(C)C)[C@H](CCc1cc(F)cc(F)c1)C(N)=O. The molecule has 1 aromatic rings. The molecule has 1 aliphatic carbocycles. The molecule has 0 aliphatic heterocycles. The number of hydrogen-bond acceptors (Lipinski definition) is 2. The van der Waals surface area contributed by atoms with E-state index in [0.717, 1.165) is 12.5 Å². The normalized spacial score (nSPS) is 21.4. The van der Waals surface area contributed by atoms with Crippen LogP contribution in [0.3, 0.4) is 0 Å². The molecule has 0 saturated heterocycles. The largest absolute Gasteiger partial charge is 0.369 e. The van der Waals surface area contributed by atoms with E-state index in [-0.39, 0.29) is 18.7 Å². The van der Waals surface area contributed by atoms with Gasteiger partial charge in [0.15, 0.2) is 0 Å². The predicted molar refractivity (Wildman–Crippen MR) is 101 cm³/mol. The van der Waals surface area contributed by atoms with Crippen LogP contribution in [0.15, 0.2) is 18.2 Å². The topological polar surface area (TPSA) is 72.2 Å². The van der Waals surface area contributed by atoms with Crippen LogP contribution < -0.4 is 11.1 Å². The van der Waals surface area contributed by atoms with Crippen molar-refractivity contribution in [3.8, 4) is 0 Å². The number of carbonyl (C=O) groups excluding carboxylic acids is 2. The first-order chi connectivity index (χ1) is 12.5. The van der Waals surface area contributed by atoms with Crippen LogP contribution in [0.2, 0.25) is 0 Å². The summed E-state index contributed by atoms with van der Waals surface area (Å²) in [6.07, 6.45) is 2.21. The second-order valence-electron chi connectivity index (χ2n) is 8.88. The monoisotopic (exact) mass is 380 g/mol. The van der Waals surface area contributed by atoms with Gasteiger partial charge in [0.25, 0.3) is 0 Å². The summed E-state index contributed by atoms with van der Waals surface area (Å²) in [5.74, 6) is -2.30. The van der Waals surface area contributed by atoms with Gasteiger partial charge in [0.1, 0.15) is 11.6 Å². The lowest BCUT2D eigenvalue weighted by molar-refractivity contribution is -0.135. The maximum atomic E-state index is 13.4. The fraction of sp³-hybridized carbons (Fsp3) is 0.619. The Bertz CT molecular complexity index is 680. The average Bonchev–Trinajstić information content (AvgIpc) is 3.18. The van der Waals surface area contributed by atoms with E-state index in [0.29, 0.717) is 23.8 Å². The Hall–Kier alpha value is -1.98. The standard InChI is InChI=1S/C21H30F2N2O2/c1-12-7-14(12)10-18(20(27)25-21(2,3)4)17(19(24)26)6-5-13-8-15(22)11-16(23)9-13/h8-9,11-12,14,17-18H,5-7,10H2,1-4H3,(H2,24,26)(H,25,27)/t12?,14?,17-,18?/m0/s1. The summed E-state index contributed by atoms with van der Waals surface area (Å²) in [7, 11) is 0. The van der Waals surface area contributed by atoms with Gasteiger partial charge in [-0.2, -0.15) is 0 Å². The molecule has 0 bridgehead atoms. The molecule has 6 heteroatoms. The van der Waals surface area contributed by atoms with Crippen molar-refractivity contribution in [3.63, 3.8) is 0 Å². The number of hydrogen-bond donors (Lipinski definition) is 2. The zero-order valence-corrected chi connectivity index (χ0v) is 16.5. The number of rotatable bonds is 8. The maximum Gasteiger partial charge on any atom is 0.224 e. The Kier molecular flexibility index (Phi) is 6.60. The molecule has 1 fully saturated rings. The van der Waals surface area contributed by atoms with Crippen LogP contribution in [0, 0.1) is 35.3 Å². The second-order valence-corrected chi connectivity index (χ2v) is 8.88. The Labute approximate surface area is 159 Å². The summed E-state index contributed by atoms with van der Waals surface area (Å²) in [6, 6.07) is 3.30. The predicted octanol–water partition coefficient (Wildman–Crippen LogP) is 3.58. The molecule has 4 atom stereocenters. The lowest BCUT2D eigenvalue weighted by Crippen LogP contribution is -2.47. The molecule has 0 spiro atoms. The van der Waals surface area contributed by atoms with Crippen LogP contribution in [-0.4, -0.2) is 17.4 Å². The molecule has 3 unspecified atom stereocenters. The summed E-state index contributed by atoms with van der Waals surface area (Å²) in [5.41, 5.74) is 5.66. The van der Waals surface area contributed by atoms with Gasteiger partial charge in [-0.1, -0.05) is 6.92 Å². The summed E-state index contributed by atoms with van der Waals surface area (Å²) in [6.45, 7) is 7.78. The van der Waals surface area contributed by atoms with Crippen LogP contribution in [0.5, 0.6) is 0 Å². The molecule has 0 aromatic heterocycles. The van der Waals surface area contributed by atoms with E-state index >= 15 is 0 Å². The lowest BCUT2D eigenvalue weighted by atomic mass is 9.81. The van der Waals surface area contributed by atoms with Crippen LogP contribution >= 0.6 is 0 Å². The highest BCUT2D eigenvalue weighted by Gasteiger charge is 2.41. The van der Waals surface area contributed by atoms with Crippen molar-refractivity contribution in [1.29, 1.82) is 0 Å². The van der Waals surface area contributed by atoms with Crippen molar-refractivity contribution < 1.29 is 18.4 Å². The van der Waals surface area contributed by atoms with Gasteiger partial charge >= 0.3 is 0 Å². The molecule has 27 heavy (non-hydrogen) atoms. The second kappa shape index (κ2) is 8.36. The van der Waals surface area contributed by atoms with E-state index in [9.17, 15) is 18.4 Å². The van der Waals surface area contributed by atoms with Gasteiger partial charge in [-0.25, -0.2) is 8.78 Å². The van der Waals surface area contributed by atoms with Crippen molar-refractivity contribution in [2.75, 3.05) is 0 Å². The van der Waals surface area contributed by atoms with E-state index in [2.05, 4.69) is 12.2 Å². The quantitative estimate of drug-likeness (QED) is 0.724. The number of nitrogens with two attached hydrogens (primary N) is 1. The van der Waals surface area contributed by atoms with Gasteiger partial charge in [-0.3, -0.25) is 9.59 Å². The molecule has 0 heterocycles. The Morgan fingerprint density at radius 1 is 1.19 bits per heavy atom. The van der Waals surface area contributed by atoms with Crippen molar-refractivity contribution >= 4 is 11.8 Å². The first kappa shape index (κ1) is 21.3. The van der Waals surface area contributed by atoms with Crippen LogP contribution in [-0.2, 0) is 16.0 Å². The number of nitrogens with one attached hydrogen (secondary N) is 1. The molecule has 1 aromatic carbocycles. The zero-order chi connectivity index (χ0) is 20.4. The Balaban J connectivity index is 2.16. The third-order valence-corrected chi connectivity index (χ3v) is 5.19. The number of benzene rings is 1. The molecule has 2 amide bonds. The molecule has 0 radical (unpaired) electrons. The Morgan fingerprint density at radius 2 is 1.74 bits per heavy atom. The van der Waals surface area contributed by atoms with Gasteiger partial charge in [0, 0.05) is 23.4 Å². The van der Waals surface area contributed by atoms with E-state index < -0.39 is 34.9 Å². The number of aryl methyl sites for hydroxylation is 1. The smallest absolute Gasteiger partial charge is 0.224 e. The summed E-state index contributed by atoms with van der Waals surface area (Å²) in [5, 5.41) is 2.95. The van der Waals surface area contributed by atoms with Gasteiger partial charge < -0.3 is 11.1 Å². The molecule has 1 aliphatic rings. The number of amides is 2. The zero-order valence-electron chi connectivity index (χ0n) is 16.5. The van der Waals surface area contributed by atoms with E-state index in [1.54, 1.807) is 0 Å². The lowest BCUT2D eigenvalue weighted by Gasteiger charge is -2.29. The third kappa shape index (κ3) is 6.60. The first-order valence-electron chi connectivity index (χ1n) is 9.52. The molecular weight excluding hydrogens is 350 g/mol. The van der Waals surface area contributed by atoms with E-state index in [1.165, 1.54) is 12.1 Å². The first-order valence-corrected chi connectivity index (χ1v) is 9.52. The highest BCUT2D eigenvalue weighted by Crippen LogP contribution is 2.44. The van der Waals surface area contributed by atoms with Crippen molar-refractivity contribution in [2.24, 2.45) is 29.4 Å². The average molecular weight is 380 g/mol. The highest BCUT2D eigenvalue weighted by atomic mass is 19.1. The molecular formula is C21H30F2N2O2. The minimum absolute atomic E-state index is 0.184. The summed E-state index contributed by atoms with van der Waals surface area (Å²) < 4.78 is 26.8. The molecule has 2 rings (SSSR count). The fourth-order valence-electron chi connectivity index (χ4n) is 3.59. The van der Waals surface area contributed by atoms with Crippen molar-refractivity contribution in [1.82, 2.24) is 5.32 Å². The molecule has 150 valence electrons. The summed E-state index contributed by atoms with van der Waals surface area (Å²) >= 11 is 0. The van der Waals surface area contributed by atoms with Crippen LogP contribution in [0.4, 0.5) is 8.78 Å². The summed E-state index contributed by atoms with van der Waals surface area (Å²) in [4.78, 5) is 25.0. The number of halogens is 2. The molecule has 3 N–H and O–H groups in total. The minimum atomic E-state index is -0.675. The van der Waals surface area contributed by atoms with Crippen molar-refractivity contribution in [3.05, 3.63) is 35.4 Å². The van der Waals surface area contributed by atoms with Gasteiger partial charge in [-0.05, 0) is 76.0 Å². The third-order valence-electron chi connectivity index (χ3n) is 5.19. The maximum absolute atomic E-state index is 13.4. The number of primary amides is 1. The number of carbonyl (C=O) groups is 2. The van der Waals surface area contributed by atoms with Gasteiger partial charge in [0.2, 0.25) is 11.8 Å². The fourth-order valence-corrected chi connectivity index (χ4v) is 3.59. The van der Waals surface area contributed by atoms with Crippen LogP contribution in [0.1, 0.15) is 52.5 Å². The highest BCUT2D eigenvalue weighted by molar-refractivity contribution is 5.87.